The summed E-state index contributed by atoms with van der Waals surface area (Å²) in [6.07, 6.45) is 11.3. The summed E-state index contributed by atoms with van der Waals surface area (Å²) in [4.78, 5) is 28.0. The maximum atomic E-state index is 12.8. The predicted molar refractivity (Wildman–Crippen MR) is 128 cm³/mol. The molecule has 0 spiro atoms. The Bertz CT molecular complexity index is 1080. The Balaban J connectivity index is 0.00000306. The van der Waals surface area contributed by atoms with Crippen molar-refractivity contribution in [3.05, 3.63) is 65.6 Å². The van der Waals surface area contributed by atoms with E-state index in [-0.39, 0.29) is 25.3 Å². The van der Waals surface area contributed by atoms with Crippen LogP contribution in [0.15, 0.2) is 53.7 Å². The Labute approximate surface area is 189 Å². The number of amidine groups is 1. The maximum absolute atomic E-state index is 12.8. The van der Waals surface area contributed by atoms with Crippen LogP contribution in [0.5, 0.6) is 0 Å². The Hall–Kier alpha value is -3.68. The molecule has 0 saturated heterocycles. The van der Waals surface area contributed by atoms with Crippen molar-refractivity contribution in [2.24, 2.45) is 4.99 Å². The molecule has 3 N–H and O–H groups in total. The van der Waals surface area contributed by atoms with E-state index in [9.17, 15) is 4.79 Å². The van der Waals surface area contributed by atoms with Gasteiger partial charge in [0.2, 0.25) is 0 Å². The van der Waals surface area contributed by atoms with Gasteiger partial charge in [0.15, 0.2) is 5.84 Å². The van der Waals surface area contributed by atoms with Crippen molar-refractivity contribution in [2.75, 3.05) is 5.32 Å². The first kappa shape index (κ1) is 21.5. The third kappa shape index (κ3) is 4.96. The van der Waals surface area contributed by atoms with Crippen molar-refractivity contribution in [1.29, 1.82) is 10.8 Å². The summed E-state index contributed by atoms with van der Waals surface area (Å²) in [6, 6.07) is 9.25. The van der Waals surface area contributed by atoms with Gasteiger partial charge in [-0.05, 0) is 55.5 Å². The van der Waals surface area contributed by atoms with Crippen molar-refractivity contribution in [2.45, 2.75) is 51.1 Å². The largest absolute Gasteiger partial charge is 0.313 e. The second-order valence-corrected chi connectivity index (χ2v) is 7.98. The summed E-state index contributed by atoms with van der Waals surface area (Å²) in [7, 11) is 0. The Morgan fingerprint density at radius 2 is 2.16 bits per heavy atom. The molecule has 1 fully saturated rings. The number of dihydropyridines is 1. The number of aliphatic imine (C=N–C) groups is 1. The van der Waals surface area contributed by atoms with Gasteiger partial charge in [-0.15, -0.1) is 0 Å². The van der Waals surface area contributed by atoms with E-state index in [4.69, 9.17) is 10.8 Å². The van der Waals surface area contributed by atoms with E-state index in [0.717, 1.165) is 49.7 Å². The van der Waals surface area contributed by atoms with Gasteiger partial charge in [0.05, 0.1) is 12.4 Å². The van der Waals surface area contributed by atoms with Crippen LogP contribution in [0.2, 0.25) is 0 Å². The fraction of sp³-hybridized carbons (Fsp3) is 0.333. The zero-order chi connectivity index (χ0) is 22.5. The predicted octanol–water partition coefficient (Wildman–Crippen LogP) is 4.15. The average molecular weight is 432 g/mol. The highest BCUT2D eigenvalue weighted by molar-refractivity contribution is 6.47. The van der Waals surface area contributed by atoms with Crippen LogP contribution in [0.1, 0.15) is 57.0 Å². The number of amides is 1. The number of rotatable bonds is 8. The molecule has 1 saturated carbocycles. The molecule has 1 atom stereocenters. The quantitative estimate of drug-likeness (QED) is 0.430. The molecular formula is C24H29N7O. The van der Waals surface area contributed by atoms with Crippen molar-refractivity contribution < 1.29 is 6.22 Å². The third-order valence-electron chi connectivity index (χ3n) is 5.47. The summed E-state index contributed by atoms with van der Waals surface area (Å²) >= 11 is 0. The number of aryl methyl sites for hydroxylation is 1. The molecule has 0 radical (unpaired) electrons. The lowest BCUT2D eigenvalue weighted by molar-refractivity contribution is -0.110. The Morgan fingerprint density at radius 1 is 1.31 bits per heavy atom. The molecule has 3 heterocycles. The second-order valence-electron chi connectivity index (χ2n) is 7.98. The number of nitrogens with zero attached hydrogens (tertiary/aromatic N) is 4. The smallest absolute Gasteiger partial charge is 0.274 e. The first-order valence-corrected chi connectivity index (χ1v) is 10.9. The van der Waals surface area contributed by atoms with E-state index in [2.05, 4.69) is 27.2 Å². The summed E-state index contributed by atoms with van der Waals surface area (Å²) in [5.74, 6) is 0.165. The van der Waals surface area contributed by atoms with Gasteiger partial charge in [-0.3, -0.25) is 25.6 Å². The van der Waals surface area contributed by atoms with E-state index >= 15 is 0 Å². The lowest BCUT2D eigenvalue weighted by Gasteiger charge is -2.19. The number of nitrogens with one attached hydrogen (secondary N) is 3. The molecule has 0 bridgehead atoms. The Morgan fingerprint density at radius 3 is 2.84 bits per heavy atom. The van der Waals surface area contributed by atoms with Gasteiger partial charge in [-0.2, -0.15) is 0 Å². The molecule has 2 aromatic heterocycles. The van der Waals surface area contributed by atoms with Crippen LogP contribution >= 0.6 is 0 Å². The fourth-order valence-corrected chi connectivity index (χ4v) is 3.61. The monoisotopic (exact) mass is 431 g/mol. The standard InChI is InChI=1S/C24H27N7O.H2/c1-2-5-17-11-10-16(14-27-17)19-6-3-8-21(28-19)24(32)30-22-9-4-7-20(29-22)23(26)31(15-25)18-12-13-18;/h3-4,7-11,14-15,18-19,25-26H,2,5-6,12-13H2,1H3,(H,29,30,32);1H. The number of carbonyl (C=O) groups is 1. The average Bonchev–Trinajstić information content (AvgIpc) is 3.66. The van der Waals surface area contributed by atoms with Gasteiger partial charge >= 0.3 is 0 Å². The minimum absolute atomic E-state index is 0. The van der Waals surface area contributed by atoms with Crippen molar-refractivity contribution in [1.82, 2.24) is 14.9 Å². The molecule has 1 unspecified atom stereocenters. The van der Waals surface area contributed by atoms with E-state index in [1.54, 1.807) is 29.2 Å². The fourth-order valence-electron chi connectivity index (χ4n) is 3.61. The van der Waals surface area contributed by atoms with Crippen LogP contribution in [0.4, 0.5) is 5.82 Å². The molecule has 2 aromatic rings. The van der Waals surface area contributed by atoms with Crippen LogP contribution < -0.4 is 5.32 Å². The van der Waals surface area contributed by atoms with E-state index in [0.29, 0.717) is 17.2 Å². The lowest BCUT2D eigenvalue weighted by Crippen LogP contribution is -2.32. The first-order valence-electron chi connectivity index (χ1n) is 10.9. The lowest BCUT2D eigenvalue weighted by atomic mass is 10.0. The third-order valence-corrected chi connectivity index (χ3v) is 5.47. The van der Waals surface area contributed by atoms with Gasteiger partial charge in [-0.1, -0.05) is 31.6 Å². The molecule has 8 nitrogen and oxygen atoms in total. The molecule has 4 rings (SSSR count). The van der Waals surface area contributed by atoms with Gasteiger partial charge in [0, 0.05) is 19.4 Å². The topological polar surface area (TPSA) is 118 Å². The minimum atomic E-state index is -0.344. The molecule has 8 heteroatoms. The van der Waals surface area contributed by atoms with Crippen molar-refractivity contribution in [3.8, 4) is 0 Å². The van der Waals surface area contributed by atoms with Gasteiger partial charge in [-0.25, -0.2) is 4.98 Å². The summed E-state index contributed by atoms with van der Waals surface area (Å²) in [5, 5.41) is 18.7. The SMILES string of the molecule is CCCc1ccc(C2CC=CC(C(=O)Nc3cccc(C(=N)N(C=N)C4CC4)n3)=N2)cn1.[HH]. The summed E-state index contributed by atoms with van der Waals surface area (Å²) < 4.78 is 0. The zero-order valence-corrected chi connectivity index (χ0v) is 18.1. The van der Waals surface area contributed by atoms with Gasteiger partial charge < -0.3 is 10.2 Å². The molecule has 1 aliphatic carbocycles. The summed E-state index contributed by atoms with van der Waals surface area (Å²) in [6.45, 7) is 2.13. The number of pyridine rings is 2. The highest BCUT2D eigenvalue weighted by atomic mass is 16.1. The molecule has 0 aromatic carbocycles. The second kappa shape index (κ2) is 9.64. The van der Waals surface area contributed by atoms with Crippen LogP contribution in [0.3, 0.4) is 0 Å². The van der Waals surface area contributed by atoms with Crippen LogP contribution in [0, 0.1) is 10.8 Å². The molecule has 1 amide bonds. The number of hydrogen-bond acceptors (Lipinski definition) is 6. The number of hydrogen-bond donors (Lipinski definition) is 3. The summed E-state index contributed by atoms with van der Waals surface area (Å²) in [5.41, 5.74) is 2.79. The Kier molecular flexibility index (Phi) is 6.49. The molecule has 166 valence electrons. The maximum Gasteiger partial charge on any atom is 0.274 e. The number of carbonyl (C=O) groups excluding carboxylic acids is 1. The number of anilines is 1. The highest BCUT2D eigenvalue weighted by Gasteiger charge is 2.30. The van der Waals surface area contributed by atoms with E-state index < -0.39 is 0 Å². The molecule has 2 aliphatic rings. The van der Waals surface area contributed by atoms with Crippen LogP contribution in [0.25, 0.3) is 0 Å². The highest BCUT2D eigenvalue weighted by Crippen LogP contribution is 2.27. The van der Waals surface area contributed by atoms with Crippen LogP contribution in [-0.4, -0.2) is 44.7 Å². The van der Waals surface area contributed by atoms with E-state index in [1.165, 1.54) is 0 Å². The number of aromatic nitrogens is 2. The minimum Gasteiger partial charge on any atom is -0.313 e. The van der Waals surface area contributed by atoms with E-state index in [1.807, 2.05) is 24.4 Å². The van der Waals surface area contributed by atoms with Crippen LogP contribution in [-0.2, 0) is 11.2 Å². The normalized spacial score (nSPS) is 17.4. The first-order chi connectivity index (χ1) is 15.6. The van der Waals surface area contributed by atoms with Gasteiger partial charge in [0.1, 0.15) is 17.2 Å². The van der Waals surface area contributed by atoms with Crippen molar-refractivity contribution >= 4 is 29.6 Å². The molecular weight excluding hydrogens is 402 g/mol. The van der Waals surface area contributed by atoms with Gasteiger partial charge in [0.25, 0.3) is 5.91 Å². The molecule has 1 aliphatic heterocycles. The zero-order valence-electron chi connectivity index (χ0n) is 18.1. The van der Waals surface area contributed by atoms with Crippen molar-refractivity contribution in [3.63, 3.8) is 0 Å². The molecule has 32 heavy (non-hydrogen) atoms.